The van der Waals surface area contributed by atoms with Crippen molar-refractivity contribution < 1.29 is 23.8 Å². The summed E-state index contributed by atoms with van der Waals surface area (Å²) in [5, 5.41) is 2.94. The Labute approximate surface area is 243 Å². The van der Waals surface area contributed by atoms with Gasteiger partial charge < -0.3 is 14.2 Å². The first-order chi connectivity index (χ1) is 19.3. The zero-order valence-corrected chi connectivity index (χ0v) is 25.1. The molecule has 3 heterocycles. The third kappa shape index (κ3) is 12.5. The summed E-state index contributed by atoms with van der Waals surface area (Å²) < 4.78 is 16.7. The molecule has 0 spiro atoms. The number of morpholine rings is 1. The fourth-order valence-electron chi connectivity index (χ4n) is 4.40. The number of cyclic esters (lactones) is 2. The van der Waals surface area contributed by atoms with Crippen LogP contribution in [0.5, 0.6) is 0 Å². The highest BCUT2D eigenvalue weighted by atomic mass is 32.1. The van der Waals surface area contributed by atoms with Crippen LogP contribution in [0.1, 0.15) is 64.1 Å². The van der Waals surface area contributed by atoms with Gasteiger partial charge in [-0.15, -0.1) is 11.3 Å². The number of fused-ring (bicyclic) bond motifs is 2. The Balaban J connectivity index is 1.72. The number of nitrogens with zero attached hydrogens (tertiary/aromatic N) is 2. The van der Waals surface area contributed by atoms with Crippen LogP contribution in [-0.4, -0.2) is 66.9 Å². The highest BCUT2D eigenvalue weighted by Gasteiger charge is 2.16. The number of allylic oxidation sites excluding steroid dienone is 5. The minimum absolute atomic E-state index is 0.186. The molecule has 2 aliphatic heterocycles. The molecule has 0 aromatic carbocycles. The van der Waals surface area contributed by atoms with Crippen LogP contribution in [0.2, 0.25) is 0 Å². The van der Waals surface area contributed by atoms with E-state index in [1.54, 1.807) is 17.4 Å². The number of carbonyl (C=O) groups is 2. The lowest BCUT2D eigenvalue weighted by Gasteiger charge is -2.25. The Hall–Kier alpha value is -2.99. The number of aryl methyl sites for hydroxylation is 1. The summed E-state index contributed by atoms with van der Waals surface area (Å²) in [4.78, 5) is 31.9. The Morgan fingerprint density at radius 3 is 2.65 bits per heavy atom. The quantitative estimate of drug-likeness (QED) is 0.205. The normalized spacial score (nSPS) is 24.6. The number of hydrogen-bond acceptors (Lipinski definition) is 8. The van der Waals surface area contributed by atoms with Gasteiger partial charge in [-0.25, -0.2) is 9.78 Å². The molecule has 7 nitrogen and oxygen atoms in total. The van der Waals surface area contributed by atoms with E-state index in [1.165, 1.54) is 5.57 Å². The number of esters is 2. The van der Waals surface area contributed by atoms with E-state index in [2.05, 4.69) is 35.8 Å². The van der Waals surface area contributed by atoms with Crippen molar-refractivity contribution in [2.45, 2.75) is 78.4 Å². The lowest BCUT2D eigenvalue weighted by molar-refractivity contribution is -0.148. The maximum Gasteiger partial charge on any atom is 0.385 e. The minimum Gasteiger partial charge on any atom is -0.462 e. The van der Waals surface area contributed by atoms with Crippen LogP contribution < -0.4 is 0 Å². The van der Waals surface area contributed by atoms with Gasteiger partial charge in [-0.2, -0.15) is 0 Å². The van der Waals surface area contributed by atoms with E-state index in [-0.39, 0.29) is 12.1 Å². The zero-order chi connectivity index (χ0) is 28.7. The number of hydrogen-bond donors (Lipinski definition) is 0. The molecule has 2 aliphatic rings. The number of rotatable bonds is 5. The first-order valence-electron chi connectivity index (χ1n) is 14.1. The molecule has 0 aliphatic carbocycles. The van der Waals surface area contributed by atoms with E-state index in [4.69, 9.17) is 19.2 Å². The Morgan fingerprint density at radius 2 is 1.85 bits per heavy atom. The van der Waals surface area contributed by atoms with Crippen LogP contribution in [0.25, 0.3) is 0 Å². The van der Waals surface area contributed by atoms with Gasteiger partial charge in [-0.05, 0) is 59.1 Å². The molecule has 1 aromatic rings. The molecule has 0 unspecified atom stereocenters. The van der Waals surface area contributed by atoms with Crippen LogP contribution in [0.4, 0.5) is 0 Å². The summed E-state index contributed by atoms with van der Waals surface area (Å²) in [5.74, 6) is 4.59. The second-order valence-corrected chi connectivity index (χ2v) is 11.4. The summed E-state index contributed by atoms with van der Waals surface area (Å²) in [6.45, 7) is 12.3. The Morgan fingerprint density at radius 1 is 1.10 bits per heavy atom. The van der Waals surface area contributed by atoms with Gasteiger partial charge in [0.15, 0.2) is 0 Å². The van der Waals surface area contributed by atoms with Crippen LogP contribution in [0.3, 0.4) is 0 Å². The molecule has 0 saturated carbocycles. The lowest BCUT2D eigenvalue weighted by atomic mass is 10.1. The topological polar surface area (TPSA) is 78.0 Å². The zero-order valence-electron chi connectivity index (χ0n) is 24.2. The Kier molecular flexibility index (Phi) is 13.4. The van der Waals surface area contributed by atoms with Gasteiger partial charge in [-0.1, -0.05) is 40.9 Å². The predicted molar refractivity (Wildman–Crippen MR) is 159 cm³/mol. The summed E-state index contributed by atoms with van der Waals surface area (Å²) in [6.07, 6.45) is 13.1. The summed E-state index contributed by atoms with van der Waals surface area (Å²) >= 11 is 1.56. The monoisotopic (exact) mass is 566 g/mol. The number of aromatic nitrogens is 1. The fraction of sp³-hybridized carbons (Fsp3) is 0.531. The van der Waals surface area contributed by atoms with Crippen LogP contribution in [0.15, 0.2) is 52.5 Å². The number of carbonyl (C=O) groups excluding carboxylic acids is 2. The molecule has 40 heavy (non-hydrogen) atoms. The molecule has 2 atom stereocenters. The molecule has 0 N–H and O–H groups in total. The molecule has 1 fully saturated rings. The number of ether oxygens (including phenoxy) is 3. The summed E-state index contributed by atoms with van der Waals surface area (Å²) in [6, 6.07) is 0. The minimum atomic E-state index is -0.585. The SMILES string of the molecule is CC(/C=C/C(C)=C/[C@@H]1Cc2nc(cs2)CCCCC(=O)O[C@@H](C)C/C(C)=C/C#CC(=O)O1)=C\CN1CCOCC1. The van der Waals surface area contributed by atoms with Gasteiger partial charge >= 0.3 is 11.9 Å². The smallest absolute Gasteiger partial charge is 0.385 e. The fourth-order valence-corrected chi connectivity index (χ4v) is 5.27. The molecule has 2 bridgehead atoms. The summed E-state index contributed by atoms with van der Waals surface area (Å²) in [7, 11) is 0. The van der Waals surface area contributed by atoms with E-state index >= 15 is 0 Å². The largest absolute Gasteiger partial charge is 0.462 e. The van der Waals surface area contributed by atoms with E-state index in [1.807, 2.05) is 38.3 Å². The van der Waals surface area contributed by atoms with Crippen LogP contribution in [-0.2, 0) is 36.6 Å². The highest BCUT2D eigenvalue weighted by molar-refractivity contribution is 7.09. The van der Waals surface area contributed by atoms with Gasteiger partial charge in [0.25, 0.3) is 0 Å². The average molecular weight is 567 g/mol. The molecule has 3 rings (SSSR count). The van der Waals surface area contributed by atoms with E-state index in [9.17, 15) is 9.59 Å². The van der Waals surface area contributed by atoms with Crippen molar-refractivity contribution in [3.05, 3.63) is 63.2 Å². The molecular formula is C32H42N2O5S. The molecule has 216 valence electrons. The third-order valence-corrected chi connectivity index (χ3v) is 7.49. The van der Waals surface area contributed by atoms with Crippen LogP contribution in [0, 0.1) is 11.8 Å². The Bertz CT molecular complexity index is 1180. The number of thiazole rings is 1. The van der Waals surface area contributed by atoms with E-state index in [0.29, 0.717) is 19.3 Å². The van der Waals surface area contributed by atoms with Gasteiger partial charge in [0.1, 0.15) is 12.2 Å². The van der Waals surface area contributed by atoms with E-state index in [0.717, 1.165) is 74.0 Å². The van der Waals surface area contributed by atoms with Crippen molar-refractivity contribution >= 4 is 23.3 Å². The van der Waals surface area contributed by atoms with Crippen LogP contribution >= 0.6 is 11.3 Å². The van der Waals surface area contributed by atoms with E-state index < -0.39 is 12.1 Å². The first-order valence-corrected chi connectivity index (χ1v) is 15.0. The molecule has 0 amide bonds. The second-order valence-electron chi connectivity index (χ2n) is 10.5. The average Bonchev–Trinajstić information content (AvgIpc) is 3.35. The maximum atomic E-state index is 12.6. The predicted octanol–water partition coefficient (Wildman–Crippen LogP) is 5.38. The van der Waals surface area contributed by atoms with Crippen molar-refractivity contribution in [3.63, 3.8) is 0 Å². The maximum absolute atomic E-state index is 12.6. The summed E-state index contributed by atoms with van der Waals surface area (Å²) in [5.41, 5.74) is 4.10. The van der Waals surface area contributed by atoms with Crippen molar-refractivity contribution in [2.24, 2.45) is 0 Å². The highest BCUT2D eigenvalue weighted by Crippen LogP contribution is 2.18. The standard InChI is InChI=1S/C32H42N2O5S/c1-24(14-15-34-16-18-37-19-17-34)12-13-26(3)21-29-22-30-33-28(23-40-30)9-5-6-10-31(35)38-27(4)20-25(2)8-7-11-32(36)39-29/h8,12-14,21,23,27,29H,5-6,9-10,15-20,22H2,1-4H3/b13-12+,24-14+,25-8+,26-21+/t27-,29+/m0/s1. The molecular weight excluding hydrogens is 524 g/mol. The third-order valence-electron chi connectivity index (χ3n) is 6.57. The molecule has 8 heteroatoms. The van der Waals surface area contributed by atoms with Gasteiger partial charge in [-0.3, -0.25) is 9.69 Å². The van der Waals surface area contributed by atoms with Gasteiger partial charge in [0.2, 0.25) is 0 Å². The van der Waals surface area contributed by atoms with Gasteiger partial charge in [0.05, 0.1) is 23.9 Å². The molecule has 0 radical (unpaired) electrons. The van der Waals surface area contributed by atoms with Crippen molar-refractivity contribution in [1.29, 1.82) is 0 Å². The second kappa shape index (κ2) is 17.0. The first kappa shape index (κ1) is 31.5. The van der Waals surface area contributed by atoms with Gasteiger partial charge in [0, 0.05) is 50.2 Å². The van der Waals surface area contributed by atoms with Crippen molar-refractivity contribution in [2.75, 3.05) is 32.8 Å². The molecule has 1 aromatic heterocycles. The van der Waals surface area contributed by atoms with Crippen molar-refractivity contribution in [3.8, 4) is 11.8 Å². The van der Waals surface area contributed by atoms with Crippen molar-refractivity contribution in [1.82, 2.24) is 9.88 Å². The molecule has 1 saturated heterocycles. The lowest BCUT2D eigenvalue weighted by Crippen LogP contribution is -2.36.